The average Bonchev–Trinajstić information content (AvgIpc) is 3.21. The van der Waals surface area contributed by atoms with E-state index in [-0.39, 0.29) is 11.3 Å². The first-order chi connectivity index (χ1) is 18.3. The SMILES string of the molecule is COc1ccc(N2C(=O)C(=O)/C(=C(\O)c3ccc4c(c3)OCCO4)C2c2ccc(N(C)C)cc2)cc1OC. The molecule has 3 aromatic rings. The fraction of sp³-hybridized carbons (Fsp3) is 0.241. The van der Waals surface area contributed by atoms with Crippen LogP contribution in [0.4, 0.5) is 11.4 Å². The van der Waals surface area contributed by atoms with E-state index in [0.29, 0.717) is 53.0 Å². The molecule has 38 heavy (non-hydrogen) atoms. The van der Waals surface area contributed by atoms with Crippen molar-refractivity contribution in [2.45, 2.75) is 6.04 Å². The number of hydrogen-bond acceptors (Lipinski definition) is 8. The van der Waals surface area contributed by atoms with E-state index < -0.39 is 17.7 Å². The van der Waals surface area contributed by atoms with E-state index in [2.05, 4.69) is 0 Å². The molecular formula is C29H28N2O7. The van der Waals surface area contributed by atoms with Crippen LogP contribution in [0.1, 0.15) is 17.2 Å². The molecule has 0 bridgehead atoms. The van der Waals surface area contributed by atoms with Gasteiger partial charge in [0.1, 0.15) is 19.0 Å². The number of methoxy groups -OCH3 is 2. The number of amides is 1. The number of aliphatic hydroxyl groups is 1. The molecule has 1 atom stereocenters. The number of rotatable bonds is 6. The number of Topliss-reactive ketones (excluding diaryl/α,β-unsaturated/α-hetero) is 1. The van der Waals surface area contributed by atoms with Crippen molar-refractivity contribution in [3.63, 3.8) is 0 Å². The summed E-state index contributed by atoms with van der Waals surface area (Å²) < 4.78 is 22.0. The van der Waals surface area contributed by atoms with Crippen LogP contribution in [0.3, 0.4) is 0 Å². The van der Waals surface area contributed by atoms with Crippen LogP contribution in [-0.2, 0) is 9.59 Å². The quantitative estimate of drug-likeness (QED) is 0.296. The minimum Gasteiger partial charge on any atom is -0.507 e. The largest absolute Gasteiger partial charge is 0.507 e. The van der Waals surface area contributed by atoms with Crippen LogP contribution in [0.25, 0.3) is 5.76 Å². The smallest absolute Gasteiger partial charge is 0.300 e. The van der Waals surface area contributed by atoms with E-state index in [9.17, 15) is 14.7 Å². The molecule has 5 rings (SSSR count). The summed E-state index contributed by atoms with van der Waals surface area (Å²) in [5, 5.41) is 11.5. The van der Waals surface area contributed by atoms with Gasteiger partial charge in [0.05, 0.1) is 25.8 Å². The minimum atomic E-state index is -0.891. The van der Waals surface area contributed by atoms with E-state index in [1.54, 1.807) is 36.4 Å². The highest BCUT2D eigenvalue weighted by molar-refractivity contribution is 6.51. The zero-order valence-electron chi connectivity index (χ0n) is 21.6. The summed E-state index contributed by atoms with van der Waals surface area (Å²) in [7, 11) is 6.86. The lowest BCUT2D eigenvalue weighted by atomic mass is 9.94. The highest BCUT2D eigenvalue weighted by atomic mass is 16.6. The Hall–Kier alpha value is -4.66. The predicted octanol–water partition coefficient (Wildman–Crippen LogP) is 4.17. The number of ether oxygens (including phenoxy) is 4. The first kappa shape index (κ1) is 25.0. The van der Waals surface area contributed by atoms with E-state index >= 15 is 0 Å². The molecular weight excluding hydrogens is 488 g/mol. The monoisotopic (exact) mass is 516 g/mol. The Morgan fingerprint density at radius 1 is 0.895 bits per heavy atom. The molecule has 196 valence electrons. The molecule has 1 saturated heterocycles. The van der Waals surface area contributed by atoms with Crippen LogP contribution in [-0.4, -0.2) is 58.3 Å². The van der Waals surface area contributed by atoms with Crippen molar-refractivity contribution in [1.29, 1.82) is 0 Å². The third-order valence-corrected chi connectivity index (χ3v) is 6.63. The number of benzene rings is 3. The number of carbonyl (C=O) groups is 2. The Bertz CT molecular complexity index is 1430. The lowest BCUT2D eigenvalue weighted by Gasteiger charge is -2.26. The molecule has 3 aromatic carbocycles. The van der Waals surface area contributed by atoms with Crippen molar-refractivity contribution in [2.24, 2.45) is 0 Å². The maximum atomic E-state index is 13.5. The molecule has 0 spiro atoms. The van der Waals surface area contributed by atoms with Gasteiger partial charge < -0.3 is 29.0 Å². The van der Waals surface area contributed by atoms with Gasteiger partial charge >= 0.3 is 0 Å². The van der Waals surface area contributed by atoms with Crippen molar-refractivity contribution in [1.82, 2.24) is 0 Å². The zero-order chi connectivity index (χ0) is 27.0. The first-order valence-electron chi connectivity index (χ1n) is 12.0. The first-order valence-corrected chi connectivity index (χ1v) is 12.0. The van der Waals surface area contributed by atoms with Crippen molar-refractivity contribution < 1.29 is 33.6 Å². The molecule has 1 N–H and O–H groups in total. The summed E-state index contributed by atoms with van der Waals surface area (Å²) in [6.45, 7) is 0.802. The normalized spacial score (nSPS) is 17.9. The summed E-state index contributed by atoms with van der Waals surface area (Å²) in [4.78, 5) is 30.3. The second-order valence-corrected chi connectivity index (χ2v) is 9.05. The summed E-state index contributed by atoms with van der Waals surface area (Å²) in [5.41, 5.74) is 2.34. The highest BCUT2D eigenvalue weighted by Crippen LogP contribution is 2.45. The Morgan fingerprint density at radius 3 is 2.24 bits per heavy atom. The second kappa shape index (κ2) is 10.0. The fourth-order valence-electron chi connectivity index (χ4n) is 4.69. The lowest BCUT2D eigenvalue weighted by molar-refractivity contribution is -0.132. The number of aliphatic hydroxyl groups excluding tert-OH is 1. The Balaban J connectivity index is 1.68. The van der Waals surface area contributed by atoms with Gasteiger partial charge in [0, 0.05) is 37.1 Å². The van der Waals surface area contributed by atoms with Gasteiger partial charge in [-0.1, -0.05) is 12.1 Å². The van der Waals surface area contributed by atoms with E-state index in [0.717, 1.165) is 5.69 Å². The zero-order valence-corrected chi connectivity index (χ0v) is 21.6. The summed E-state index contributed by atoms with van der Waals surface area (Å²) in [6.07, 6.45) is 0. The molecule has 9 nitrogen and oxygen atoms in total. The maximum absolute atomic E-state index is 13.5. The molecule has 2 aliphatic heterocycles. The molecule has 1 unspecified atom stereocenters. The van der Waals surface area contributed by atoms with Crippen molar-refractivity contribution in [3.05, 3.63) is 77.4 Å². The summed E-state index contributed by atoms with van der Waals surface area (Å²) >= 11 is 0. The predicted molar refractivity (Wildman–Crippen MR) is 143 cm³/mol. The van der Waals surface area contributed by atoms with Crippen LogP contribution < -0.4 is 28.7 Å². The van der Waals surface area contributed by atoms with Gasteiger partial charge in [-0.25, -0.2) is 0 Å². The number of ketones is 1. The number of fused-ring (bicyclic) bond motifs is 1. The standard InChI is InChI=1S/C29H28N2O7/c1-30(2)19-8-5-17(6-9-19)26-25(27(32)18-7-11-22-24(15-18)38-14-13-37-22)28(33)29(34)31(26)20-10-12-21(35-3)23(16-20)36-4/h5-12,15-16,26,32H,13-14H2,1-4H3/b27-25-. The summed E-state index contributed by atoms with van der Waals surface area (Å²) in [5.74, 6) is 0.0315. The Labute approximate surface area is 220 Å². The van der Waals surface area contributed by atoms with Gasteiger partial charge in [0.25, 0.3) is 11.7 Å². The molecule has 1 fully saturated rings. The lowest BCUT2D eigenvalue weighted by Crippen LogP contribution is -2.29. The Morgan fingerprint density at radius 2 is 1.58 bits per heavy atom. The second-order valence-electron chi connectivity index (χ2n) is 9.05. The van der Waals surface area contributed by atoms with Gasteiger partial charge in [0.15, 0.2) is 23.0 Å². The van der Waals surface area contributed by atoms with Crippen LogP contribution in [0.2, 0.25) is 0 Å². The Kier molecular flexibility index (Phi) is 6.59. The van der Waals surface area contributed by atoms with Gasteiger partial charge in [0.2, 0.25) is 0 Å². The van der Waals surface area contributed by atoms with Gasteiger partial charge in [-0.2, -0.15) is 0 Å². The fourth-order valence-corrected chi connectivity index (χ4v) is 4.69. The van der Waals surface area contributed by atoms with Crippen molar-refractivity contribution in [2.75, 3.05) is 51.3 Å². The molecule has 0 aliphatic carbocycles. The van der Waals surface area contributed by atoms with Gasteiger partial charge in [-0.3, -0.25) is 14.5 Å². The van der Waals surface area contributed by atoms with Crippen LogP contribution >= 0.6 is 0 Å². The topological polar surface area (TPSA) is 97.8 Å². The number of hydrogen-bond donors (Lipinski definition) is 1. The van der Waals surface area contributed by atoms with E-state index in [1.807, 2.05) is 43.3 Å². The highest BCUT2D eigenvalue weighted by Gasteiger charge is 2.47. The minimum absolute atomic E-state index is 0.0286. The third-order valence-electron chi connectivity index (χ3n) is 6.63. The maximum Gasteiger partial charge on any atom is 0.300 e. The number of anilines is 2. The van der Waals surface area contributed by atoms with Gasteiger partial charge in [-0.15, -0.1) is 0 Å². The number of nitrogens with zero attached hydrogens (tertiary/aromatic N) is 2. The number of carbonyl (C=O) groups excluding carboxylic acids is 2. The van der Waals surface area contributed by atoms with Crippen molar-refractivity contribution >= 4 is 28.8 Å². The molecule has 9 heteroatoms. The molecule has 2 aliphatic rings. The molecule has 0 aromatic heterocycles. The molecule has 1 amide bonds. The molecule has 0 saturated carbocycles. The van der Waals surface area contributed by atoms with Crippen LogP contribution in [0.5, 0.6) is 23.0 Å². The molecule has 2 heterocycles. The average molecular weight is 517 g/mol. The van der Waals surface area contributed by atoms with Gasteiger partial charge in [-0.05, 0) is 48.0 Å². The summed E-state index contributed by atoms with van der Waals surface area (Å²) in [6, 6.07) is 16.5. The van der Waals surface area contributed by atoms with Crippen LogP contribution in [0, 0.1) is 0 Å². The third kappa shape index (κ3) is 4.26. The van der Waals surface area contributed by atoms with E-state index in [4.69, 9.17) is 18.9 Å². The van der Waals surface area contributed by atoms with Crippen molar-refractivity contribution in [3.8, 4) is 23.0 Å². The van der Waals surface area contributed by atoms with Crippen LogP contribution in [0.15, 0.2) is 66.2 Å². The molecule has 0 radical (unpaired) electrons. The van der Waals surface area contributed by atoms with E-state index in [1.165, 1.54) is 19.1 Å².